The smallest absolute Gasteiger partial charge is 0.289 e. The van der Waals surface area contributed by atoms with Gasteiger partial charge in [0.05, 0.1) is 4.92 Å². The highest BCUT2D eigenvalue weighted by Crippen LogP contribution is 2.27. The summed E-state index contributed by atoms with van der Waals surface area (Å²) in [5.74, 6) is 0.103. The van der Waals surface area contributed by atoms with Crippen molar-refractivity contribution in [1.29, 1.82) is 0 Å². The molecule has 6 nitrogen and oxygen atoms in total. The van der Waals surface area contributed by atoms with E-state index in [-0.39, 0.29) is 16.4 Å². The first-order chi connectivity index (χ1) is 10.9. The summed E-state index contributed by atoms with van der Waals surface area (Å²) in [6, 6.07) is 11.1. The van der Waals surface area contributed by atoms with E-state index in [4.69, 9.17) is 16.3 Å². The van der Waals surface area contributed by atoms with Crippen LogP contribution in [0.2, 0.25) is 5.02 Å². The second-order valence-electron chi connectivity index (χ2n) is 4.63. The van der Waals surface area contributed by atoms with Crippen molar-refractivity contribution in [1.82, 2.24) is 0 Å². The number of ether oxygens (including phenoxy) is 1. The summed E-state index contributed by atoms with van der Waals surface area (Å²) in [6.07, 6.45) is -0.779. The van der Waals surface area contributed by atoms with Crippen molar-refractivity contribution in [3.8, 4) is 5.75 Å². The van der Waals surface area contributed by atoms with Gasteiger partial charge in [-0.05, 0) is 37.3 Å². The Kier molecular flexibility index (Phi) is 5.57. The number of anilines is 1. The standard InChI is InChI=1S/C15H12BrClN2O4/c1-9(23-12-4-2-3-10(16)7-12)15(20)18-11-5-6-13(17)14(8-11)19(21)22/h2-9H,1H3,(H,18,20)/t9-/m0/s1. The Labute approximate surface area is 145 Å². The van der Waals surface area contributed by atoms with Crippen LogP contribution in [0.25, 0.3) is 0 Å². The van der Waals surface area contributed by atoms with Gasteiger partial charge in [-0.3, -0.25) is 14.9 Å². The van der Waals surface area contributed by atoms with Gasteiger partial charge >= 0.3 is 0 Å². The molecule has 2 aromatic carbocycles. The number of carbonyl (C=O) groups excluding carboxylic acids is 1. The zero-order chi connectivity index (χ0) is 17.0. The fraction of sp³-hybridized carbons (Fsp3) is 0.133. The number of hydrogen-bond donors (Lipinski definition) is 1. The highest BCUT2D eigenvalue weighted by molar-refractivity contribution is 9.10. The van der Waals surface area contributed by atoms with E-state index in [1.807, 2.05) is 6.07 Å². The van der Waals surface area contributed by atoms with E-state index in [1.54, 1.807) is 25.1 Å². The topological polar surface area (TPSA) is 81.5 Å². The van der Waals surface area contributed by atoms with Gasteiger partial charge in [0.2, 0.25) is 0 Å². The van der Waals surface area contributed by atoms with Crippen molar-refractivity contribution in [3.63, 3.8) is 0 Å². The van der Waals surface area contributed by atoms with Crippen LogP contribution in [0.5, 0.6) is 5.75 Å². The summed E-state index contributed by atoms with van der Waals surface area (Å²) in [6.45, 7) is 1.58. The van der Waals surface area contributed by atoms with Crippen LogP contribution >= 0.6 is 27.5 Å². The van der Waals surface area contributed by atoms with Gasteiger partial charge in [0.1, 0.15) is 10.8 Å². The summed E-state index contributed by atoms with van der Waals surface area (Å²) < 4.78 is 6.36. The Morgan fingerprint density at radius 3 is 2.74 bits per heavy atom. The van der Waals surface area contributed by atoms with Crippen LogP contribution in [0.3, 0.4) is 0 Å². The summed E-state index contributed by atoms with van der Waals surface area (Å²) in [7, 11) is 0. The third-order valence-electron chi connectivity index (χ3n) is 2.89. The maximum atomic E-state index is 12.1. The number of amides is 1. The summed E-state index contributed by atoms with van der Waals surface area (Å²) in [5.41, 5.74) is 0.000760. The van der Waals surface area contributed by atoms with Crippen LogP contribution in [0, 0.1) is 10.1 Å². The number of benzene rings is 2. The molecule has 0 radical (unpaired) electrons. The molecule has 0 heterocycles. The SMILES string of the molecule is C[C@H](Oc1cccc(Br)c1)C(=O)Nc1ccc(Cl)c([N+](=O)[O-])c1. The molecule has 0 saturated heterocycles. The van der Waals surface area contributed by atoms with Crippen molar-refractivity contribution in [3.05, 3.63) is 62.1 Å². The van der Waals surface area contributed by atoms with Gasteiger partial charge in [-0.2, -0.15) is 0 Å². The fourth-order valence-electron chi connectivity index (χ4n) is 1.77. The predicted octanol–water partition coefficient (Wildman–Crippen LogP) is 4.42. The van der Waals surface area contributed by atoms with E-state index in [9.17, 15) is 14.9 Å². The van der Waals surface area contributed by atoms with Crippen molar-refractivity contribution < 1.29 is 14.5 Å². The molecule has 0 aromatic heterocycles. The van der Waals surface area contributed by atoms with Gasteiger partial charge in [-0.1, -0.05) is 33.6 Å². The van der Waals surface area contributed by atoms with Crippen LogP contribution in [0.1, 0.15) is 6.92 Å². The van der Waals surface area contributed by atoms with Gasteiger partial charge in [-0.15, -0.1) is 0 Å². The van der Waals surface area contributed by atoms with Crippen LogP contribution in [-0.4, -0.2) is 16.9 Å². The summed E-state index contributed by atoms with van der Waals surface area (Å²) >= 11 is 9.04. The Morgan fingerprint density at radius 1 is 1.35 bits per heavy atom. The molecular formula is C15H12BrClN2O4. The average Bonchev–Trinajstić information content (AvgIpc) is 2.48. The van der Waals surface area contributed by atoms with Crippen molar-refractivity contribution in [2.75, 3.05) is 5.32 Å². The van der Waals surface area contributed by atoms with Gasteiger partial charge in [-0.25, -0.2) is 0 Å². The van der Waals surface area contributed by atoms with Gasteiger partial charge in [0, 0.05) is 16.2 Å². The monoisotopic (exact) mass is 398 g/mol. The number of rotatable bonds is 5. The number of nitro benzene ring substituents is 1. The second-order valence-corrected chi connectivity index (χ2v) is 5.95. The lowest BCUT2D eigenvalue weighted by Crippen LogP contribution is -2.30. The van der Waals surface area contributed by atoms with Crippen molar-refractivity contribution in [2.24, 2.45) is 0 Å². The molecule has 23 heavy (non-hydrogen) atoms. The lowest BCUT2D eigenvalue weighted by Gasteiger charge is -2.15. The molecule has 1 N–H and O–H groups in total. The zero-order valence-corrected chi connectivity index (χ0v) is 14.3. The van der Waals surface area contributed by atoms with Gasteiger partial charge < -0.3 is 10.1 Å². The zero-order valence-electron chi connectivity index (χ0n) is 12.0. The minimum absolute atomic E-state index is 0.00596. The molecular weight excluding hydrogens is 388 g/mol. The first-order valence-corrected chi connectivity index (χ1v) is 7.71. The third kappa shape index (κ3) is 4.67. The maximum Gasteiger partial charge on any atom is 0.289 e. The van der Waals surface area contributed by atoms with E-state index in [0.29, 0.717) is 5.75 Å². The van der Waals surface area contributed by atoms with Crippen LogP contribution in [0.15, 0.2) is 46.9 Å². The molecule has 0 saturated carbocycles. The molecule has 8 heteroatoms. The van der Waals surface area contributed by atoms with Gasteiger partial charge in [0.15, 0.2) is 6.10 Å². The molecule has 2 aromatic rings. The number of nitrogens with one attached hydrogen (secondary N) is 1. The predicted molar refractivity (Wildman–Crippen MR) is 91.0 cm³/mol. The second kappa shape index (κ2) is 7.43. The highest BCUT2D eigenvalue weighted by atomic mass is 79.9. The molecule has 0 unspecified atom stereocenters. The molecule has 1 amide bonds. The molecule has 0 fully saturated rings. The Bertz CT molecular complexity index is 754. The van der Waals surface area contributed by atoms with Crippen LogP contribution in [-0.2, 0) is 4.79 Å². The molecule has 120 valence electrons. The Balaban J connectivity index is 2.06. The Hall–Kier alpha value is -2.12. The van der Waals surface area contributed by atoms with E-state index in [1.165, 1.54) is 18.2 Å². The maximum absolute atomic E-state index is 12.1. The average molecular weight is 400 g/mol. The van der Waals surface area contributed by atoms with Crippen molar-refractivity contribution in [2.45, 2.75) is 13.0 Å². The van der Waals surface area contributed by atoms with E-state index < -0.39 is 16.9 Å². The lowest BCUT2D eigenvalue weighted by atomic mass is 10.2. The largest absolute Gasteiger partial charge is 0.481 e. The molecule has 0 aliphatic rings. The highest BCUT2D eigenvalue weighted by Gasteiger charge is 2.18. The number of nitro groups is 1. The molecule has 0 aliphatic heterocycles. The molecule has 0 spiro atoms. The summed E-state index contributed by atoms with van der Waals surface area (Å²) in [4.78, 5) is 22.4. The molecule has 0 bridgehead atoms. The summed E-state index contributed by atoms with van der Waals surface area (Å²) in [5, 5.41) is 13.4. The number of nitrogens with zero attached hydrogens (tertiary/aromatic N) is 1. The molecule has 1 atom stereocenters. The minimum Gasteiger partial charge on any atom is -0.481 e. The first-order valence-electron chi connectivity index (χ1n) is 6.54. The molecule has 0 aliphatic carbocycles. The fourth-order valence-corrected chi connectivity index (χ4v) is 2.34. The number of carbonyl (C=O) groups is 1. The van der Waals surface area contributed by atoms with Crippen molar-refractivity contribution >= 4 is 44.8 Å². The van der Waals surface area contributed by atoms with E-state index >= 15 is 0 Å². The Morgan fingerprint density at radius 2 is 2.09 bits per heavy atom. The van der Waals surface area contributed by atoms with E-state index in [0.717, 1.165) is 4.47 Å². The normalized spacial score (nSPS) is 11.6. The first kappa shape index (κ1) is 17.2. The lowest BCUT2D eigenvalue weighted by molar-refractivity contribution is -0.384. The van der Waals surface area contributed by atoms with Crippen LogP contribution < -0.4 is 10.1 Å². The number of halogens is 2. The van der Waals surface area contributed by atoms with E-state index in [2.05, 4.69) is 21.2 Å². The number of hydrogen-bond acceptors (Lipinski definition) is 4. The van der Waals surface area contributed by atoms with Gasteiger partial charge in [0.25, 0.3) is 11.6 Å². The quantitative estimate of drug-likeness (QED) is 0.596. The molecule has 2 rings (SSSR count). The minimum atomic E-state index is -0.779. The third-order valence-corrected chi connectivity index (χ3v) is 3.70. The van der Waals surface area contributed by atoms with Crippen LogP contribution in [0.4, 0.5) is 11.4 Å².